The second-order valence-electron chi connectivity index (χ2n) is 8.30. The zero-order valence-electron chi connectivity index (χ0n) is 18.8. The maximum Gasteiger partial charge on any atom is 0.416 e. The fourth-order valence-electron chi connectivity index (χ4n) is 4.03. The highest BCUT2D eigenvalue weighted by Gasteiger charge is 2.31. The van der Waals surface area contributed by atoms with E-state index >= 15 is 0 Å². The summed E-state index contributed by atoms with van der Waals surface area (Å²) in [6, 6.07) is 2.64. The second-order valence-corrected chi connectivity index (χ2v) is 9.67. The minimum absolute atomic E-state index is 0.0452. The molecule has 0 unspecified atom stereocenters. The van der Waals surface area contributed by atoms with Crippen LogP contribution in [0.3, 0.4) is 0 Å². The van der Waals surface area contributed by atoms with Crippen molar-refractivity contribution in [1.29, 1.82) is 0 Å². The van der Waals surface area contributed by atoms with Crippen LogP contribution in [-0.2, 0) is 25.1 Å². The Labute approximate surface area is 206 Å². The van der Waals surface area contributed by atoms with E-state index in [4.69, 9.17) is 11.6 Å². The third kappa shape index (κ3) is 5.08. The summed E-state index contributed by atoms with van der Waals surface area (Å²) in [5.41, 5.74) is -2.07. The molecule has 1 aliphatic rings. The standard InChI is InChI=1S/C22H21ClF3N5O3S/c1-30-18-16(20(33)31(2)21(30)34)19(29-17(28-18)11-5-3-4-6-11)35-10-15(32)27-14-9-12(22(24,25)26)7-8-13(14)23/h7-9,11H,3-6,10H2,1-2H3,(H,27,32). The molecule has 4 rings (SSSR count). The summed E-state index contributed by atoms with van der Waals surface area (Å²) >= 11 is 6.91. The van der Waals surface area contributed by atoms with Gasteiger partial charge in [0.05, 0.1) is 22.0 Å². The molecule has 1 N–H and O–H groups in total. The molecule has 1 aromatic carbocycles. The number of thioether (sulfide) groups is 1. The quantitative estimate of drug-likeness (QED) is 0.396. The lowest BCUT2D eigenvalue weighted by molar-refractivity contribution is -0.137. The van der Waals surface area contributed by atoms with Crippen molar-refractivity contribution >= 4 is 46.0 Å². The monoisotopic (exact) mass is 527 g/mol. The Kier molecular flexibility index (Phi) is 6.96. The van der Waals surface area contributed by atoms with Crippen molar-refractivity contribution in [2.24, 2.45) is 14.1 Å². The Morgan fingerprint density at radius 3 is 2.51 bits per heavy atom. The van der Waals surface area contributed by atoms with Gasteiger partial charge in [0.1, 0.15) is 16.2 Å². The largest absolute Gasteiger partial charge is 0.416 e. The number of fused-ring (bicyclic) bond motifs is 1. The average Bonchev–Trinajstić information content (AvgIpc) is 3.35. The summed E-state index contributed by atoms with van der Waals surface area (Å²) in [5, 5.41) is 2.68. The number of carbonyl (C=O) groups is 1. The predicted molar refractivity (Wildman–Crippen MR) is 127 cm³/mol. The van der Waals surface area contributed by atoms with Crippen molar-refractivity contribution in [1.82, 2.24) is 19.1 Å². The van der Waals surface area contributed by atoms with E-state index in [1.807, 2.05) is 0 Å². The lowest BCUT2D eigenvalue weighted by atomic mass is 10.1. The molecule has 0 aliphatic heterocycles. The van der Waals surface area contributed by atoms with Gasteiger partial charge in [0.15, 0.2) is 5.65 Å². The summed E-state index contributed by atoms with van der Waals surface area (Å²) in [4.78, 5) is 47.0. The molecule has 13 heteroatoms. The number of hydrogen-bond donors (Lipinski definition) is 1. The minimum atomic E-state index is -4.59. The molecule has 0 bridgehead atoms. The number of rotatable bonds is 5. The molecule has 1 amide bonds. The van der Waals surface area contributed by atoms with E-state index in [9.17, 15) is 27.6 Å². The van der Waals surface area contributed by atoms with E-state index in [-0.39, 0.29) is 38.4 Å². The maximum atomic E-state index is 13.0. The molecule has 2 heterocycles. The number of nitrogens with zero attached hydrogens (tertiary/aromatic N) is 4. The summed E-state index contributed by atoms with van der Waals surface area (Å²) in [5.74, 6) is -0.306. The van der Waals surface area contributed by atoms with E-state index in [2.05, 4.69) is 15.3 Å². The molecule has 186 valence electrons. The van der Waals surface area contributed by atoms with Crippen LogP contribution in [-0.4, -0.2) is 30.8 Å². The second kappa shape index (κ2) is 9.65. The number of alkyl halides is 3. The van der Waals surface area contributed by atoms with Crippen LogP contribution in [0.2, 0.25) is 5.02 Å². The van der Waals surface area contributed by atoms with Crippen LogP contribution in [0.4, 0.5) is 18.9 Å². The molecule has 3 aromatic rings. The Morgan fingerprint density at radius 2 is 1.86 bits per heavy atom. The highest BCUT2D eigenvalue weighted by molar-refractivity contribution is 8.00. The molecule has 0 atom stereocenters. The lowest BCUT2D eigenvalue weighted by Gasteiger charge is -2.15. The predicted octanol–water partition coefficient (Wildman–Crippen LogP) is 4.09. The Balaban J connectivity index is 1.67. The lowest BCUT2D eigenvalue weighted by Crippen LogP contribution is -2.38. The summed E-state index contributed by atoms with van der Waals surface area (Å²) in [6.07, 6.45) is -0.800. The van der Waals surface area contributed by atoms with Crippen molar-refractivity contribution in [3.05, 3.63) is 55.4 Å². The van der Waals surface area contributed by atoms with E-state index in [1.165, 1.54) is 18.7 Å². The Bertz CT molecular complexity index is 1430. The number of anilines is 1. The normalized spacial score (nSPS) is 14.6. The molecule has 1 aliphatic carbocycles. The van der Waals surface area contributed by atoms with Gasteiger partial charge in [0.25, 0.3) is 5.56 Å². The van der Waals surface area contributed by atoms with E-state index < -0.39 is 28.9 Å². The highest BCUT2D eigenvalue weighted by atomic mass is 35.5. The first-order valence-corrected chi connectivity index (χ1v) is 12.1. The molecular formula is C22H21ClF3N5O3S. The molecule has 0 radical (unpaired) electrons. The van der Waals surface area contributed by atoms with Crippen LogP contribution in [0.5, 0.6) is 0 Å². The van der Waals surface area contributed by atoms with Gasteiger partial charge in [-0.15, -0.1) is 0 Å². The summed E-state index contributed by atoms with van der Waals surface area (Å²) in [7, 11) is 2.85. The molecular weight excluding hydrogens is 507 g/mol. The smallest absolute Gasteiger partial charge is 0.324 e. The number of nitrogens with one attached hydrogen (secondary N) is 1. The van der Waals surface area contributed by atoms with Gasteiger partial charge in [-0.1, -0.05) is 36.2 Å². The van der Waals surface area contributed by atoms with Crippen LogP contribution < -0.4 is 16.6 Å². The van der Waals surface area contributed by atoms with Gasteiger partial charge in [-0.25, -0.2) is 14.8 Å². The van der Waals surface area contributed by atoms with Crippen molar-refractivity contribution in [2.45, 2.75) is 42.8 Å². The molecule has 35 heavy (non-hydrogen) atoms. The molecule has 1 fully saturated rings. The van der Waals surface area contributed by atoms with Gasteiger partial charge in [-0.05, 0) is 31.0 Å². The Hall–Kier alpha value is -2.86. The van der Waals surface area contributed by atoms with Gasteiger partial charge in [0.2, 0.25) is 5.91 Å². The first-order valence-electron chi connectivity index (χ1n) is 10.7. The SMILES string of the molecule is Cn1c(=O)c2c(SCC(=O)Nc3cc(C(F)(F)F)ccc3Cl)nc(C3CCCC3)nc2n(C)c1=O. The third-order valence-corrected chi connectivity index (χ3v) is 7.22. The van der Waals surface area contributed by atoms with Gasteiger partial charge in [-0.2, -0.15) is 13.2 Å². The molecule has 0 spiro atoms. The van der Waals surface area contributed by atoms with Gasteiger partial charge in [0, 0.05) is 20.0 Å². The maximum absolute atomic E-state index is 13.0. The van der Waals surface area contributed by atoms with E-state index in [1.54, 1.807) is 0 Å². The number of aromatic nitrogens is 4. The highest BCUT2D eigenvalue weighted by Crippen LogP contribution is 2.35. The minimum Gasteiger partial charge on any atom is -0.324 e. The summed E-state index contributed by atoms with van der Waals surface area (Å²) < 4.78 is 41.3. The fraction of sp³-hybridized carbons (Fsp3) is 0.409. The number of amides is 1. The molecule has 0 saturated heterocycles. The number of aryl methyl sites for hydroxylation is 1. The van der Waals surface area contributed by atoms with Crippen LogP contribution in [0.15, 0.2) is 32.8 Å². The zero-order valence-corrected chi connectivity index (χ0v) is 20.4. The van der Waals surface area contributed by atoms with Crippen LogP contribution in [0, 0.1) is 0 Å². The topological polar surface area (TPSA) is 98.9 Å². The van der Waals surface area contributed by atoms with Gasteiger partial charge >= 0.3 is 11.9 Å². The first-order chi connectivity index (χ1) is 16.5. The molecule has 2 aromatic heterocycles. The Morgan fingerprint density at radius 1 is 1.17 bits per heavy atom. The number of carbonyl (C=O) groups excluding carboxylic acids is 1. The van der Waals surface area contributed by atoms with Gasteiger partial charge in [-0.3, -0.25) is 18.7 Å². The molecule has 8 nitrogen and oxygen atoms in total. The summed E-state index contributed by atoms with van der Waals surface area (Å²) in [6.45, 7) is 0. The number of hydrogen-bond acceptors (Lipinski definition) is 6. The van der Waals surface area contributed by atoms with Crippen molar-refractivity contribution < 1.29 is 18.0 Å². The number of halogens is 4. The van der Waals surface area contributed by atoms with Crippen molar-refractivity contribution in [2.75, 3.05) is 11.1 Å². The van der Waals surface area contributed by atoms with Crippen LogP contribution >= 0.6 is 23.4 Å². The van der Waals surface area contributed by atoms with Gasteiger partial charge < -0.3 is 5.32 Å². The van der Waals surface area contributed by atoms with Crippen molar-refractivity contribution in [3.63, 3.8) is 0 Å². The van der Waals surface area contributed by atoms with Crippen LogP contribution in [0.25, 0.3) is 11.0 Å². The average molecular weight is 528 g/mol. The zero-order chi connectivity index (χ0) is 25.5. The first kappa shape index (κ1) is 25.2. The fourth-order valence-corrected chi connectivity index (χ4v) is 5.02. The van der Waals surface area contributed by atoms with E-state index in [0.717, 1.165) is 60.2 Å². The third-order valence-electron chi connectivity index (χ3n) is 5.91. The van der Waals surface area contributed by atoms with Crippen LogP contribution in [0.1, 0.15) is 43.0 Å². The van der Waals surface area contributed by atoms with Crippen molar-refractivity contribution in [3.8, 4) is 0 Å². The van der Waals surface area contributed by atoms with E-state index in [0.29, 0.717) is 5.82 Å². The molecule has 1 saturated carbocycles. The number of benzene rings is 1.